The van der Waals surface area contributed by atoms with Gasteiger partial charge in [0, 0.05) is 38.4 Å². The molecule has 45 heavy (non-hydrogen) atoms. The van der Waals surface area contributed by atoms with Crippen LogP contribution < -0.4 is 0 Å². The van der Waals surface area contributed by atoms with Gasteiger partial charge in [0.05, 0.1) is 22.2 Å². The highest BCUT2D eigenvalue weighted by Crippen LogP contribution is 2.48. The Bertz CT molecular complexity index is 2740. The first kappa shape index (κ1) is 24.4. The van der Waals surface area contributed by atoms with Crippen molar-refractivity contribution in [2.45, 2.75) is 0 Å². The molecule has 10 rings (SSSR count). The zero-order chi connectivity index (χ0) is 29.5. The quantitative estimate of drug-likeness (QED) is 0.156. The molecule has 0 fully saturated rings. The normalized spacial score (nSPS) is 12.0. The van der Waals surface area contributed by atoms with Crippen LogP contribution in [0.5, 0.6) is 0 Å². The van der Waals surface area contributed by atoms with E-state index in [1.807, 2.05) is 6.07 Å². The zero-order valence-electron chi connectivity index (χ0n) is 24.3. The third-order valence-electron chi connectivity index (χ3n) is 9.31. The van der Waals surface area contributed by atoms with E-state index in [-0.39, 0.29) is 0 Å². The largest absolute Gasteiger partial charge is 0.308 e. The second kappa shape index (κ2) is 9.22. The van der Waals surface area contributed by atoms with E-state index in [0.29, 0.717) is 0 Å². The van der Waals surface area contributed by atoms with Crippen molar-refractivity contribution in [1.82, 2.24) is 14.5 Å². The molecule has 0 amide bonds. The molecular formula is C42H25N3. The predicted molar refractivity (Wildman–Crippen MR) is 188 cm³/mol. The average molecular weight is 572 g/mol. The van der Waals surface area contributed by atoms with Gasteiger partial charge in [-0.15, -0.1) is 0 Å². The molecule has 0 unspecified atom stereocenters. The van der Waals surface area contributed by atoms with E-state index in [2.05, 4.69) is 150 Å². The summed E-state index contributed by atoms with van der Waals surface area (Å²) < 4.78 is 2.46. The van der Waals surface area contributed by atoms with E-state index in [1.165, 1.54) is 48.6 Å². The molecule has 0 saturated heterocycles. The van der Waals surface area contributed by atoms with Gasteiger partial charge in [0.2, 0.25) is 0 Å². The van der Waals surface area contributed by atoms with Crippen molar-refractivity contribution in [2.24, 2.45) is 0 Å². The van der Waals surface area contributed by atoms with Crippen molar-refractivity contribution in [3.63, 3.8) is 0 Å². The first-order valence-electron chi connectivity index (χ1n) is 15.4. The first-order chi connectivity index (χ1) is 22.3. The lowest BCUT2D eigenvalue weighted by molar-refractivity contribution is 1.17. The molecule has 0 saturated carbocycles. The third kappa shape index (κ3) is 3.41. The van der Waals surface area contributed by atoms with E-state index in [1.54, 1.807) is 0 Å². The molecule has 2 heterocycles. The molecule has 0 spiro atoms. The maximum Gasteiger partial charge on any atom is 0.162 e. The predicted octanol–water partition coefficient (Wildman–Crippen LogP) is 11.0. The maximum atomic E-state index is 5.35. The van der Waals surface area contributed by atoms with Crippen LogP contribution in [0.25, 0.3) is 93.4 Å². The van der Waals surface area contributed by atoms with E-state index < -0.39 is 0 Å². The van der Waals surface area contributed by atoms with Crippen LogP contribution in [-0.2, 0) is 0 Å². The Hall–Kier alpha value is -6.06. The van der Waals surface area contributed by atoms with Crippen LogP contribution in [0.2, 0.25) is 0 Å². The summed E-state index contributed by atoms with van der Waals surface area (Å²) in [5, 5.41) is 11.1. The highest BCUT2D eigenvalue weighted by molar-refractivity contribution is 6.39. The minimum atomic E-state index is 0.726. The van der Waals surface area contributed by atoms with Crippen molar-refractivity contribution >= 4 is 65.0 Å². The summed E-state index contributed by atoms with van der Waals surface area (Å²) in [5.74, 6) is 0.726. The van der Waals surface area contributed by atoms with Gasteiger partial charge < -0.3 is 4.57 Å². The van der Waals surface area contributed by atoms with E-state index in [9.17, 15) is 0 Å². The number of hydrogen-bond acceptors (Lipinski definition) is 2. The average Bonchev–Trinajstić information content (AvgIpc) is 3.48. The minimum Gasteiger partial charge on any atom is -0.308 e. The molecule has 8 aromatic carbocycles. The second-order valence-corrected chi connectivity index (χ2v) is 11.7. The molecule has 208 valence electrons. The molecule has 0 bridgehead atoms. The lowest BCUT2D eigenvalue weighted by atomic mass is 9.91. The van der Waals surface area contributed by atoms with Crippen molar-refractivity contribution < 1.29 is 0 Å². The van der Waals surface area contributed by atoms with E-state index in [0.717, 1.165) is 44.8 Å². The molecule has 10 aromatic rings. The monoisotopic (exact) mass is 571 g/mol. The Morgan fingerprint density at radius 2 is 1.04 bits per heavy atom. The van der Waals surface area contributed by atoms with Gasteiger partial charge in [0.25, 0.3) is 0 Å². The fraction of sp³-hybridized carbons (Fsp3) is 0. The second-order valence-electron chi connectivity index (χ2n) is 11.7. The summed E-state index contributed by atoms with van der Waals surface area (Å²) in [6.07, 6.45) is 0. The fourth-order valence-electron chi connectivity index (χ4n) is 7.42. The van der Waals surface area contributed by atoms with Crippen molar-refractivity contribution in [3.05, 3.63) is 152 Å². The molecular weight excluding hydrogens is 546 g/mol. The Morgan fingerprint density at radius 1 is 0.422 bits per heavy atom. The summed E-state index contributed by atoms with van der Waals surface area (Å²) in [5.41, 5.74) is 7.45. The lowest BCUT2D eigenvalue weighted by Crippen LogP contribution is -1.99. The van der Waals surface area contributed by atoms with Gasteiger partial charge in [0.1, 0.15) is 0 Å². The van der Waals surface area contributed by atoms with Gasteiger partial charge in [-0.3, -0.25) is 0 Å². The van der Waals surface area contributed by atoms with Crippen LogP contribution in [0, 0.1) is 0 Å². The third-order valence-corrected chi connectivity index (χ3v) is 9.31. The lowest BCUT2D eigenvalue weighted by Gasteiger charge is -2.14. The fourth-order valence-corrected chi connectivity index (χ4v) is 7.42. The van der Waals surface area contributed by atoms with Crippen LogP contribution in [0.15, 0.2) is 152 Å². The van der Waals surface area contributed by atoms with Crippen molar-refractivity contribution in [3.8, 4) is 28.3 Å². The van der Waals surface area contributed by atoms with Crippen LogP contribution in [0.3, 0.4) is 0 Å². The number of benzene rings is 8. The van der Waals surface area contributed by atoms with Crippen LogP contribution in [-0.4, -0.2) is 14.5 Å². The maximum absolute atomic E-state index is 5.35. The number of rotatable bonds is 3. The van der Waals surface area contributed by atoms with Crippen LogP contribution in [0.1, 0.15) is 0 Å². The topological polar surface area (TPSA) is 30.7 Å². The SMILES string of the molecule is c1ccc(-c2nc(-c3ccc4c5ccccc5c5cc6ccccc6c6c5c4c3n6-c3ccccc3)nc3ccccc23)cc1. The summed E-state index contributed by atoms with van der Waals surface area (Å²) in [7, 11) is 0. The van der Waals surface area contributed by atoms with Gasteiger partial charge in [0.15, 0.2) is 5.82 Å². The van der Waals surface area contributed by atoms with E-state index in [4.69, 9.17) is 9.97 Å². The van der Waals surface area contributed by atoms with Gasteiger partial charge >= 0.3 is 0 Å². The van der Waals surface area contributed by atoms with Crippen LogP contribution in [0.4, 0.5) is 0 Å². The van der Waals surface area contributed by atoms with Gasteiger partial charge in [-0.25, -0.2) is 9.97 Å². The standard InChI is InChI=1S/C42H25N3/c1-3-13-26(14-4-1)39-33-21-11-12-22-36(33)43-42(44-39)34-24-23-32-30-19-9-10-20-31(30)35-25-27-15-7-8-18-29(27)40-38(35)37(32)41(34)45(40)28-16-5-2-6-17-28/h1-25H. The Balaban J connectivity index is 1.46. The number of aromatic nitrogens is 3. The number of nitrogens with zero attached hydrogens (tertiary/aromatic N) is 3. The molecule has 0 N–H and O–H groups in total. The summed E-state index contributed by atoms with van der Waals surface area (Å²) >= 11 is 0. The number of para-hydroxylation sites is 2. The van der Waals surface area contributed by atoms with Gasteiger partial charge in [-0.05, 0) is 57.3 Å². The Labute approximate surface area is 259 Å². The summed E-state index contributed by atoms with van der Waals surface area (Å²) in [6.45, 7) is 0. The summed E-state index contributed by atoms with van der Waals surface area (Å²) in [4.78, 5) is 10.6. The first-order valence-corrected chi connectivity index (χ1v) is 15.4. The smallest absolute Gasteiger partial charge is 0.162 e. The molecule has 3 nitrogen and oxygen atoms in total. The summed E-state index contributed by atoms with van der Waals surface area (Å²) in [6, 6.07) is 54.0. The van der Waals surface area contributed by atoms with Crippen LogP contribution >= 0.6 is 0 Å². The molecule has 3 heteroatoms. The number of fused-ring (bicyclic) bond motifs is 6. The Kier molecular flexibility index (Phi) is 5.00. The Morgan fingerprint density at radius 3 is 1.84 bits per heavy atom. The van der Waals surface area contributed by atoms with Crippen molar-refractivity contribution in [1.29, 1.82) is 0 Å². The number of hydrogen-bond donors (Lipinski definition) is 0. The zero-order valence-corrected chi connectivity index (χ0v) is 24.3. The van der Waals surface area contributed by atoms with Gasteiger partial charge in [-0.2, -0.15) is 0 Å². The highest BCUT2D eigenvalue weighted by Gasteiger charge is 2.25. The minimum absolute atomic E-state index is 0.726. The molecule has 2 aromatic heterocycles. The molecule has 0 aliphatic rings. The van der Waals surface area contributed by atoms with Crippen molar-refractivity contribution in [2.75, 3.05) is 0 Å². The molecule has 0 aliphatic carbocycles. The molecule has 0 aliphatic heterocycles. The highest BCUT2D eigenvalue weighted by atomic mass is 15.0. The van der Waals surface area contributed by atoms with Gasteiger partial charge in [-0.1, -0.05) is 121 Å². The molecule has 0 radical (unpaired) electrons. The van der Waals surface area contributed by atoms with E-state index >= 15 is 0 Å². The molecule has 0 atom stereocenters.